The zero-order valence-corrected chi connectivity index (χ0v) is 19.9. The van der Waals surface area contributed by atoms with E-state index in [1.54, 1.807) is 37.4 Å². The topological polar surface area (TPSA) is 72.4 Å². The molecular weight excluding hydrogens is 450 g/mol. The molecule has 0 spiro atoms. The molecule has 1 heterocycles. The van der Waals surface area contributed by atoms with Crippen LogP contribution >= 0.6 is 11.6 Å². The van der Waals surface area contributed by atoms with Crippen LogP contribution in [0.2, 0.25) is 5.02 Å². The van der Waals surface area contributed by atoms with Crippen LogP contribution in [0.1, 0.15) is 18.1 Å². The molecule has 0 saturated heterocycles. The monoisotopic (exact) mass is 475 g/mol. The lowest BCUT2D eigenvalue weighted by atomic mass is 10.1. The summed E-state index contributed by atoms with van der Waals surface area (Å²) in [5.74, 6) is 0.258. The molecule has 0 aliphatic carbocycles. The van der Waals surface area contributed by atoms with Gasteiger partial charge in [-0.3, -0.25) is 14.2 Å². The summed E-state index contributed by atoms with van der Waals surface area (Å²) in [5, 5.41) is 7.37. The van der Waals surface area contributed by atoms with Crippen LogP contribution in [0.4, 0.5) is 11.4 Å². The van der Waals surface area contributed by atoms with Gasteiger partial charge in [-0.15, -0.1) is 0 Å². The number of rotatable bonds is 8. The molecule has 0 aliphatic rings. The molecule has 0 aliphatic heterocycles. The number of carbonyl (C=O) groups is 1. The second-order valence-corrected chi connectivity index (χ2v) is 8.32. The van der Waals surface area contributed by atoms with E-state index in [1.807, 2.05) is 30.3 Å². The van der Waals surface area contributed by atoms with Crippen LogP contribution in [0.3, 0.4) is 0 Å². The molecule has 6 nitrogen and oxygen atoms in total. The van der Waals surface area contributed by atoms with E-state index >= 15 is 0 Å². The van der Waals surface area contributed by atoms with Crippen LogP contribution in [0, 0.1) is 0 Å². The molecule has 7 heteroatoms. The molecule has 0 unspecified atom stereocenters. The van der Waals surface area contributed by atoms with Crippen LogP contribution in [-0.4, -0.2) is 17.6 Å². The number of ether oxygens (including phenoxy) is 1. The number of nitrogens with zero attached hydrogens (tertiary/aromatic N) is 1. The maximum absolute atomic E-state index is 13.4. The number of pyridine rings is 1. The van der Waals surface area contributed by atoms with Crippen molar-refractivity contribution in [3.05, 3.63) is 99.3 Å². The second-order valence-electron chi connectivity index (χ2n) is 7.92. The normalized spacial score (nSPS) is 10.8. The minimum absolute atomic E-state index is 0.160. The summed E-state index contributed by atoms with van der Waals surface area (Å²) < 4.78 is 6.82. The first-order valence-electron chi connectivity index (χ1n) is 11.1. The first-order valence-corrected chi connectivity index (χ1v) is 11.4. The zero-order valence-electron chi connectivity index (χ0n) is 19.1. The summed E-state index contributed by atoms with van der Waals surface area (Å²) in [6.07, 6.45) is 0.968. The maximum Gasteiger partial charge on any atom is 0.256 e. The number of carbonyl (C=O) groups excluding carboxylic acids is 1. The number of fused-ring (bicyclic) bond motifs is 1. The Morgan fingerprint density at radius 1 is 1.03 bits per heavy atom. The third-order valence-electron chi connectivity index (χ3n) is 5.67. The summed E-state index contributed by atoms with van der Waals surface area (Å²) in [4.78, 5) is 26.3. The number of halogens is 1. The molecule has 4 rings (SSSR count). The maximum atomic E-state index is 13.4. The Balaban J connectivity index is 1.66. The number of aromatic nitrogens is 1. The first kappa shape index (κ1) is 23.4. The summed E-state index contributed by atoms with van der Waals surface area (Å²) in [6.45, 7) is 2.28. The molecular formula is C27H26ClN3O3. The lowest BCUT2D eigenvalue weighted by Crippen LogP contribution is -2.30. The van der Waals surface area contributed by atoms with Crippen molar-refractivity contribution in [3.8, 4) is 5.75 Å². The van der Waals surface area contributed by atoms with Gasteiger partial charge in [0, 0.05) is 23.9 Å². The van der Waals surface area contributed by atoms with E-state index in [4.69, 9.17) is 16.3 Å². The molecule has 174 valence electrons. The van der Waals surface area contributed by atoms with Gasteiger partial charge in [-0.05, 0) is 59.8 Å². The van der Waals surface area contributed by atoms with Gasteiger partial charge >= 0.3 is 0 Å². The number of amides is 1. The Morgan fingerprint density at radius 3 is 2.50 bits per heavy atom. The molecule has 0 atom stereocenters. The van der Waals surface area contributed by atoms with Crippen LogP contribution in [0.25, 0.3) is 10.9 Å². The number of anilines is 2. The Labute approximate surface area is 203 Å². The minimum Gasteiger partial charge on any atom is -0.497 e. The predicted molar refractivity (Wildman–Crippen MR) is 138 cm³/mol. The van der Waals surface area contributed by atoms with E-state index in [1.165, 1.54) is 10.1 Å². The number of para-hydroxylation sites is 1. The van der Waals surface area contributed by atoms with Gasteiger partial charge in [0.2, 0.25) is 5.91 Å². The molecule has 1 aromatic heterocycles. The molecule has 2 N–H and O–H groups in total. The van der Waals surface area contributed by atoms with Gasteiger partial charge in [0.1, 0.15) is 12.3 Å². The van der Waals surface area contributed by atoms with Crippen molar-refractivity contribution in [3.63, 3.8) is 0 Å². The van der Waals surface area contributed by atoms with Crippen molar-refractivity contribution in [1.29, 1.82) is 0 Å². The average Bonchev–Trinajstić information content (AvgIpc) is 2.86. The average molecular weight is 476 g/mol. The van der Waals surface area contributed by atoms with Crippen LogP contribution in [0.15, 0.2) is 77.6 Å². The van der Waals surface area contributed by atoms with Gasteiger partial charge in [0.15, 0.2) is 0 Å². The smallest absolute Gasteiger partial charge is 0.256 e. The Bertz CT molecular complexity index is 1380. The van der Waals surface area contributed by atoms with Gasteiger partial charge in [-0.1, -0.05) is 42.8 Å². The van der Waals surface area contributed by atoms with Crippen molar-refractivity contribution in [1.82, 2.24) is 4.57 Å². The highest BCUT2D eigenvalue weighted by Crippen LogP contribution is 2.23. The molecule has 1 amide bonds. The number of benzene rings is 3. The summed E-state index contributed by atoms with van der Waals surface area (Å²) in [5.41, 5.74) is 3.61. The Morgan fingerprint density at radius 2 is 1.79 bits per heavy atom. The van der Waals surface area contributed by atoms with Crippen LogP contribution in [-0.2, 0) is 24.3 Å². The fourth-order valence-corrected chi connectivity index (χ4v) is 3.96. The summed E-state index contributed by atoms with van der Waals surface area (Å²) in [6, 6.07) is 22.4. The molecule has 0 saturated carbocycles. The van der Waals surface area contributed by atoms with Crippen LogP contribution in [0.5, 0.6) is 5.75 Å². The van der Waals surface area contributed by atoms with Gasteiger partial charge in [0.25, 0.3) is 5.56 Å². The number of nitrogens with one attached hydrogen (secondary N) is 2. The lowest BCUT2D eigenvalue weighted by Gasteiger charge is -2.15. The van der Waals surface area contributed by atoms with Gasteiger partial charge in [-0.25, -0.2) is 0 Å². The fourth-order valence-electron chi connectivity index (χ4n) is 3.77. The summed E-state index contributed by atoms with van der Waals surface area (Å²) >= 11 is 6.17. The molecule has 4 aromatic rings. The standard InChI is InChI=1S/C27H26ClN3O3/c1-3-18-8-11-21(12-9-18)29-16-20-14-19-10-13-22(34-2)15-25(19)31(27(20)33)17-26(32)30-24-7-5-4-6-23(24)28/h4-15,29H,3,16-17H2,1-2H3,(H,30,32). The SMILES string of the molecule is CCc1ccc(NCc2cc3ccc(OC)cc3n(CC(=O)Nc3ccccc3Cl)c2=O)cc1. The minimum atomic E-state index is -0.348. The molecule has 3 aromatic carbocycles. The largest absolute Gasteiger partial charge is 0.497 e. The number of hydrogen-bond acceptors (Lipinski definition) is 4. The van der Waals surface area contributed by atoms with Crippen molar-refractivity contribution < 1.29 is 9.53 Å². The van der Waals surface area contributed by atoms with Crippen molar-refractivity contribution >= 4 is 39.8 Å². The highest BCUT2D eigenvalue weighted by Gasteiger charge is 2.14. The van der Waals surface area contributed by atoms with E-state index in [9.17, 15) is 9.59 Å². The van der Waals surface area contributed by atoms with E-state index in [-0.39, 0.29) is 18.0 Å². The predicted octanol–water partition coefficient (Wildman–Crippen LogP) is 5.48. The summed E-state index contributed by atoms with van der Waals surface area (Å²) in [7, 11) is 1.57. The second kappa shape index (κ2) is 10.4. The van der Waals surface area contributed by atoms with Gasteiger partial charge in [-0.2, -0.15) is 0 Å². The van der Waals surface area contributed by atoms with Crippen LogP contribution < -0.4 is 20.9 Å². The number of aryl methyl sites for hydroxylation is 1. The Hall–Kier alpha value is -3.77. The first-order chi connectivity index (χ1) is 16.5. The van der Waals surface area contributed by atoms with E-state index < -0.39 is 0 Å². The van der Waals surface area contributed by atoms with Crippen molar-refractivity contribution in [2.45, 2.75) is 26.4 Å². The molecule has 34 heavy (non-hydrogen) atoms. The third kappa shape index (κ3) is 5.24. The van der Waals surface area contributed by atoms with Gasteiger partial charge in [0.05, 0.1) is 23.3 Å². The zero-order chi connectivity index (χ0) is 24.1. The van der Waals surface area contributed by atoms with E-state index in [2.05, 4.69) is 29.7 Å². The quantitative estimate of drug-likeness (QED) is 0.354. The van der Waals surface area contributed by atoms with E-state index in [0.717, 1.165) is 17.5 Å². The molecule has 0 bridgehead atoms. The van der Waals surface area contributed by atoms with Gasteiger partial charge < -0.3 is 15.4 Å². The van der Waals surface area contributed by atoms with E-state index in [0.29, 0.717) is 34.1 Å². The molecule has 0 fully saturated rings. The Kier molecular flexibility index (Phi) is 7.18. The molecule has 0 radical (unpaired) electrons. The highest BCUT2D eigenvalue weighted by atomic mass is 35.5. The fraction of sp³-hybridized carbons (Fsp3) is 0.185. The third-order valence-corrected chi connectivity index (χ3v) is 6.00. The van der Waals surface area contributed by atoms with Crippen molar-refractivity contribution in [2.75, 3.05) is 17.7 Å². The number of methoxy groups -OCH3 is 1. The number of hydrogen-bond donors (Lipinski definition) is 2. The highest BCUT2D eigenvalue weighted by molar-refractivity contribution is 6.33. The lowest BCUT2D eigenvalue weighted by molar-refractivity contribution is -0.116. The van der Waals surface area contributed by atoms with Crippen molar-refractivity contribution in [2.24, 2.45) is 0 Å².